The summed E-state index contributed by atoms with van der Waals surface area (Å²) in [4.78, 5) is 2.10. The van der Waals surface area contributed by atoms with Gasteiger partial charge in [0.2, 0.25) is 0 Å². The molecular formula is C14H24N4O. The Morgan fingerprint density at radius 2 is 2.00 bits per heavy atom. The molecule has 0 bridgehead atoms. The maximum atomic E-state index is 10.1. The number of nitrogens with zero attached hydrogens (tertiary/aromatic N) is 3. The van der Waals surface area contributed by atoms with E-state index in [4.69, 9.17) is 5.73 Å². The fraction of sp³-hybridized carbons (Fsp3) is 0.714. The van der Waals surface area contributed by atoms with E-state index in [2.05, 4.69) is 28.9 Å². The van der Waals surface area contributed by atoms with E-state index in [1.165, 1.54) is 5.56 Å². The minimum atomic E-state index is -0.636. The van der Waals surface area contributed by atoms with Crippen LogP contribution in [0.1, 0.15) is 44.0 Å². The first-order valence-electron chi connectivity index (χ1n) is 7.07. The number of anilines is 1. The lowest BCUT2D eigenvalue weighted by Crippen LogP contribution is -2.31. The molecule has 5 heteroatoms. The van der Waals surface area contributed by atoms with Crippen LogP contribution >= 0.6 is 0 Å². The zero-order chi connectivity index (χ0) is 14.0. The average molecular weight is 264 g/mol. The predicted octanol–water partition coefficient (Wildman–Crippen LogP) is 1.02. The van der Waals surface area contributed by atoms with Gasteiger partial charge in [0.05, 0.1) is 11.3 Å². The van der Waals surface area contributed by atoms with Crippen molar-refractivity contribution in [2.75, 3.05) is 18.0 Å². The van der Waals surface area contributed by atoms with Gasteiger partial charge in [-0.05, 0) is 31.7 Å². The average Bonchev–Trinajstić information content (AvgIpc) is 2.76. The van der Waals surface area contributed by atoms with Crippen molar-refractivity contribution >= 4 is 5.82 Å². The number of aryl methyl sites for hydroxylation is 1. The first-order valence-corrected chi connectivity index (χ1v) is 7.07. The molecular weight excluding hydrogens is 240 g/mol. The second-order valence-corrected chi connectivity index (χ2v) is 5.51. The van der Waals surface area contributed by atoms with Gasteiger partial charge in [0.15, 0.2) is 5.82 Å². The summed E-state index contributed by atoms with van der Waals surface area (Å²) in [6, 6.07) is 0. The number of hydrogen-bond acceptors (Lipinski definition) is 5. The lowest BCUT2D eigenvalue weighted by Gasteiger charge is -2.23. The molecule has 1 aliphatic rings. The molecule has 1 unspecified atom stereocenters. The molecule has 0 radical (unpaired) electrons. The summed E-state index contributed by atoms with van der Waals surface area (Å²) in [7, 11) is 0. The van der Waals surface area contributed by atoms with Gasteiger partial charge >= 0.3 is 0 Å². The Balaban J connectivity index is 2.41. The Morgan fingerprint density at radius 3 is 2.47 bits per heavy atom. The van der Waals surface area contributed by atoms with Gasteiger partial charge in [-0.1, -0.05) is 13.8 Å². The monoisotopic (exact) mass is 264 g/mol. The maximum Gasteiger partial charge on any atom is 0.156 e. The van der Waals surface area contributed by atoms with Crippen LogP contribution in [0.25, 0.3) is 0 Å². The first-order chi connectivity index (χ1) is 9.02. The molecule has 1 saturated heterocycles. The van der Waals surface area contributed by atoms with Crippen molar-refractivity contribution in [1.29, 1.82) is 0 Å². The molecule has 1 aliphatic heterocycles. The molecule has 0 saturated carbocycles. The highest BCUT2D eigenvalue weighted by Gasteiger charge is 2.33. The van der Waals surface area contributed by atoms with E-state index in [0.29, 0.717) is 13.1 Å². The lowest BCUT2D eigenvalue weighted by atomic mass is 10.0. The summed E-state index contributed by atoms with van der Waals surface area (Å²) in [5.41, 5.74) is 8.65. The smallest absolute Gasteiger partial charge is 0.156 e. The molecule has 2 heterocycles. The van der Waals surface area contributed by atoms with Crippen LogP contribution in [0.5, 0.6) is 0 Å². The minimum Gasteiger partial charge on any atom is -0.388 e. The van der Waals surface area contributed by atoms with Crippen LogP contribution in [0.2, 0.25) is 0 Å². The number of hydrogen-bond donors (Lipinski definition) is 2. The SMILES string of the molecule is CCc1nnc(N2CCC(C)(O)C2)c(CN)c1CC. The summed E-state index contributed by atoms with van der Waals surface area (Å²) in [6.45, 7) is 7.96. The molecule has 0 amide bonds. The zero-order valence-corrected chi connectivity index (χ0v) is 12.1. The quantitative estimate of drug-likeness (QED) is 0.849. The van der Waals surface area contributed by atoms with Crippen molar-refractivity contribution < 1.29 is 5.11 Å². The molecule has 1 atom stereocenters. The summed E-state index contributed by atoms with van der Waals surface area (Å²) < 4.78 is 0. The second kappa shape index (κ2) is 5.43. The molecule has 106 valence electrons. The Labute approximate surface area is 114 Å². The Hall–Kier alpha value is -1.20. The molecule has 2 rings (SSSR count). The summed E-state index contributed by atoms with van der Waals surface area (Å²) in [5.74, 6) is 0.856. The van der Waals surface area contributed by atoms with E-state index < -0.39 is 5.60 Å². The summed E-state index contributed by atoms with van der Waals surface area (Å²) in [6.07, 6.45) is 2.55. The molecule has 19 heavy (non-hydrogen) atoms. The van der Waals surface area contributed by atoms with E-state index in [9.17, 15) is 5.11 Å². The van der Waals surface area contributed by atoms with Crippen molar-refractivity contribution in [3.63, 3.8) is 0 Å². The Bertz CT molecular complexity index is 459. The van der Waals surface area contributed by atoms with Gasteiger partial charge in [-0.15, -0.1) is 5.10 Å². The van der Waals surface area contributed by atoms with Gasteiger partial charge < -0.3 is 15.7 Å². The minimum absolute atomic E-state index is 0.472. The molecule has 0 spiro atoms. The molecule has 3 N–H and O–H groups in total. The van der Waals surface area contributed by atoms with Gasteiger partial charge in [0, 0.05) is 25.2 Å². The number of β-amino-alcohol motifs (C(OH)–C–C–N with tert-alkyl or cyclic N) is 1. The first kappa shape index (κ1) is 14.2. The third-order valence-corrected chi connectivity index (χ3v) is 3.89. The Kier molecular flexibility index (Phi) is 4.06. The van der Waals surface area contributed by atoms with E-state index in [0.717, 1.165) is 42.9 Å². The summed E-state index contributed by atoms with van der Waals surface area (Å²) in [5, 5.41) is 18.8. The second-order valence-electron chi connectivity index (χ2n) is 5.51. The highest BCUT2D eigenvalue weighted by atomic mass is 16.3. The van der Waals surface area contributed by atoms with Crippen molar-refractivity contribution in [3.8, 4) is 0 Å². The van der Waals surface area contributed by atoms with E-state index >= 15 is 0 Å². The van der Waals surface area contributed by atoms with Crippen molar-refractivity contribution in [1.82, 2.24) is 10.2 Å². The number of rotatable bonds is 4. The standard InChI is InChI=1S/C14H24N4O/c1-4-10-11(8-15)13(17-16-12(10)5-2)18-7-6-14(3,19)9-18/h19H,4-9,15H2,1-3H3. The van der Waals surface area contributed by atoms with Gasteiger partial charge in [-0.2, -0.15) is 5.10 Å². The number of aliphatic hydroxyl groups is 1. The van der Waals surface area contributed by atoms with Crippen molar-refractivity contribution in [2.45, 2.75) is 52.2 Å². The highest BCUT2D eigenvalue weighted by molar-refractivity contribution is 5.52. The van der Waals surface area contributed by atoms with E-state index in [1.54, 1.807) is 0 Å². The summed E-state index contributed by atoms with van der Waals surface area (Å²) >= 11 is 0. The third kappa shape index (κ3) is 2.72. The zero-order valence-electron chi connectivity index (χ0n) is 12.1. The largest absolute Gasteiger partial charge is 0.388 e. The van der Waals surface area contributed by atoms with Crippen molar-refractivity contribution in [3.05, 3.63) is 16.8 Å². The van der Waals surface area contributed by atoms with Crippen LogP contribution < -0.4 is 10.6 Å². The molecule has 5 nitrogen and oxygen atoms in total. The van der Waals surface area contributed by atoms with Crippen LogP contribution in [0.15, 0.2) is 0 Å². The fourth-order valence-corrected chi connectivity index (χ4v) is 2.83. The molecule has 0 aliphatic carbocycles. The van der Waals surface area contributed by atoms with Gasteiger partial charge in [0.25, 0.3) is 0 Å². The topological polar surface area (TPSA) is 75.3 Å². The van der Waals surface area contributed by atoms with Crippen LogP contribution in [0.4, 0.5) is 5.82 Å². The van der Waals surface area contributed by atoms with Crippen molar-refractivity contribution in [2.24, 2.45) is 5.73 Å². The van der Waals surface area contributed by atoms with Crippen LogP contribution in [-0.2, 0) is 19.4 Å². The van der Waals surface area contributed by atoms with Crippen LogP contribution in [0, 0.1) is 0 Å². The molecule has 1 aromatic rings. The van der Waals surface area contributed by atoms with E-state index in [1.807, 2.05) is 6.92 Å². The number of aromatic nitrogens is 2. The lowest BCUT2D eigenvalue weighted by molar-refractivity contribution is 0.0839. The fourth-order valence-electron chi connectivity index (χ4n) is 2.83. The molecule has 1 fully saturated rings. The maximum absolute atomic E-state index is 10.1. The third-order valence-electron chi connectivity index (χ3n) is 3.89. The van der Waals surface area contributed by atoms with Gasteiger partial charge in [-0.3, -0.25) is 0 Å². The van der Waals surface area contributed by atoms with Gasteiger partial charge in [0.1, 0.15) is 0 Å². The molecule has 0 aromatic carbocycles. The van der Waals surface area contributed by atoms with Gasteiger partial charge in [-0.25, -0.2) is 0 Å². The highest BCUT2D eigenvalue weighted by Crippen LogP contribution is 2.29. The molecule has 1 aromatic heterocycles. The number of nitrogens with two attached hydrogens (primary N) is 1. The van der Waals surface area contributed by atoms with Crippen LogP contribution in [-0.4, -0.2) is 34.0 Å². The predicted molar refractivity (Wildman–Crippen MR) is 76.1 cm³/mol. The van der Waals surface area contributed by atoms with Crippen LogP contribution in [0.3, 0.4) is 0 Å². The van der Waals surface area contributed by atoms with E-state index in [-0.39, 0.29) is 0 Å². The Morgan fingerprint density at radius 1 is 1.26 bits per heavy atom. The normalized spacial score (nSPS) is 23.1.